The number of ether oxygens (including phenoxy) is 1. The summed E-state index contributed by atoms with van der Waals surface area (Å²) in [6.07, 6.45) is 1.80. The molecule has 0 spiro atoms. The Balaban J connectivity index is 2.55. The second-order valence-corrected chi connectivity index (χ2v) is 4.17. The molecule has 2 N–H and O–H groups in total. The first kappa shape index (κ1) is 11.5. The van der Waals surface area contributed by atoms with Crippen molar-refractivity contribution in [3.8, 4) is 0 Å². The third kappa shape index (κ3) is 3.65. The molecule has 0 amide bonds. The van der Waals surface area contributed by atoms with Crippen LogP contribution in [0.15, 0.2) is 23.4 Å². The zero-order chi connectivity index (χ0) is 10.4. The fourth-order valence-corrected chi connectivity index (χ4v) is 1.83. The van der Waals surface area contributed by atoms with Gasteiger partial charge < -0.3 is 10.5 Å². The van der Waals surface area contributed by atoms with Gasteiger partial charge in [0.2, 0.25) is 0 Å². The van der Waals surface area contributed by atoms with Crippen LogP contribution in [0.2, 0.25) is 0 Å². The predicted octanol–water partition coefficient (Wildman–Crippen LogP) is 1.84. The number of pyridine rings is 1. The number of nitrogens with two attached hydrogens (primary N) is 1. The van der Waals surface area contributed by atoms with Crippen molar-refractivity contribution >= 4 is 11.8 Å². The molecule has 1 aromatic heterocycles. The lowest BCUT2D eigenvalue weighted by molar-refractivity contribution is 0.218. The molecule has 4 heteroatoms. The molecule has 0 unspecified atom stereocenters. The second-order valence-electron chi connectivity index (χ2n) is 3.06. The number of aromatic nitrogens is 1. The Morgan fingerprint density at radius 1 is 1.64 bits per heavy atom. The van der Waals surface area contributed by atoms with Gasteiger partial charge in [0.1, 0.15) is 0 Å². The van der Waals surface area contributed by atoms with E-state index in [4.69, 9.17) is 10.5 Å². The smallest absolute Gasteiger partial charge is 0.0963 e. The quantitative estimate of drug-likeness (QED) is 0.597. The van der Waals surface area contributed by atoms with Crippen LogP contribution in [0.25, 0.3) is 0 Å². The molecule has 3 nitrogen and oxygen atoms in total. The highest BCUT2D eigenvalue weighted by molar-refractivity contribution is 7.99. The number of hydrogen-bond acceptors (Lipinski definition) is 4. The van der Waals surface area contributed by atoms with Gasteiger partial charge >= 0.3 is 0 Å². The fourth-order valence-electron chi connectivity index (χ4n) is 1.02. The molecular weight excluding hydrogens is 196 g/mol. The minimum atomic E-state index is 0.0692. The highest BCUT2D eigenvalue weighted by Gasteiger charge is 2.01. The molecule has 0 radical (unpaired) electrons. The Kier molecular flexibility index (Phi) is 4.93. The third-order valence-corrected chi connectivity index (χ3v) is 2.71. The first-order valence-corrected chi connectivity index (χ1v) is 5.56. The van der Waals surface area contributed by atoms with Gasteiger partial charge in [-0.2, -0.15) is 0 Å². The summed E-state index contributed by atoms with van der Waals surface area (Å²) in [7, 11) is 1.70. The van der Waals surface area contributed by atoms with Crippen molar-refractivity contribution in [1.82, 2.24) is 4.98 Å². The van der Waals surface area contributed by atoms with Gasteiger partial charge in [0.05, 0.1) is 11.6 Å². The van der Waals surface area contributed by atoms with Crippen molar-refractivity contribution in [2.75, 3.05) is 19.5 Å². The molecule has 0 aliphatic heterocycles. The van der Waals surface area contributed by atoms with E-state index in [0.717, 1.165) is 22.9 Å². The molecule has 1 heterocycles. The topological polar surface area (TPSA) is 48.1 Å². The zero-order valence-electron chi connectivity index (χ0n) is 8.56. The number of hydrogen-bond donors (Lipinski definition) is 1. The average molecular weight is 212 g/mol. The Bertz CT molecular complexity index is 279. The highest BCUT2D eigenvalue weighted by Crippen LogP contribution is 2.18. The zero-order valence-corrected chi connectivity index (χ0v) is 9.38. The second kappa shape index (κ2) is 6.01. The monoisotopic (exact) mass is 212 g/mol. The molecule has 0 saturated heterocycles. The van der Waals surface area contributed by atoms with Crippen LogP contribution in [-0.2, 0) is 4.74 Å². The number of rotatable bonds is 5. The lowest BCUT2D eigenvalue weighted by atomic mass is 10.1. The summed E-state index contributed by atoms with van der Waals surface area (Å²) in [6.45, 7) is 2.72. The number of nitrogens with zero attached hydrogens (tertiary/aromatic N) is 1. The van der Waals surface area contributed by atoms with Crippen LogP contribution >= 0.6 is 11.8 Å². The van der Waals surface area contributed by atoms with Gasteiger partial charge in [-0.05, 0) is 24.6 Å². The molecule has 0 bridgehead atoms. The minimum absolute atomic E-state index is 0.0692. The van der Waals surface area contributed by atoms with Gasteiger partial charge in [-0.25, -0.2) is 4.98 Å². The summed E-state index contributed by atoms with van der Waals surface area (Å²) in [5, 5.41) is 1.01. The first-order valence-electron chi connectivity index (χ1n) is 4.57. The van der Waals surface area contributed by atoms with Gasteiger partial charge in [-0.15, -0.1) is 11.8 Å². The largest absolute Gasteiger partial charge is 0.384 e. The lowest BCUT2D eigenvalue weighted by Gasteiger charge is -2.06. The number of thioether (sulfide) groups is 1. The third-order valence-electron chi connectivity index (χ3n) is 1.82. The van der Waals surface area contributed by atoms with Crippen LogP contribution in [0, 0.1) is 0 Å². The maximum Gasteiger partial charge on any atom is 0.0963 e. The van der Waals surface area contributed by atoms with Crippen molar-refractivity contribution in [3.63, 3.8) is 0 Å². The molecule has 0 fully saturated rings. The van der Waals surface area contributed by atoms with Crippen molar-refractivity contribution in [3.05, 3.63) is 23.9 Å². The van der Waals surface area contributed by atoms with Gasteiger partial charge in [-0.3, -0.25) is 0 Å². The predicted molar refractivity (Wildman–Crippen MR) is 59.4 cm³/mol. The van der Waals surface area contributed by atoms with E-state index in [9.17, 15) is 0 Å². The van der Waals surface area contributed by atoms with E-state index in [2.05, 4.69) is 4.98 Å². The van der Waals surface area contributed by atoms with Crippen LogP contribution in [0.3, 0.4) is 0 Å². The Morgan fingerprint density at radius 3 is 3.07 bits per heavy atom. The van der Waals surface area contributed by atoms with E-state index in [1.807, 2.05) is 19.1 Å². The molecule has 0 aliphatic rings. The van der Waals surface area contributed by atoms with Gasteiger partial charge in [0.25, 0.3) is 0 Å². The van der Waals surface area contributed by atoms with Crippen molar-refractivity contribution < 1.29 is 4.74 Å². The van der Waals surface area contributed by atoms with Crippen LogP contribution in [-0.4, -0.2) is 24.5 Å². The van der Waals surface area contributed by atoms with E-state index < -0.39 is 0 Å². The normalized spacial score (nSPS) is 12.8. The van der Waals surface area contributed by atoms with E-state index in [-0.39, 0.29) is 6.04 Å². The fraction of sp³-hybridized carbons (Fsp3) is 0.500. The molecule has 1 atom stereocenters. The van der Waals surface area contributed by atoms with E-state index in [0.29, 0.717) is 0 Å². The Labute approximate surface area is 89.1 Å². The summed E-state index contributed by atoms with van der Waals surface area (Å²) >= 11 is 1.68. The minimum Gasteiger partial charge on any atom is -0.384 e. The standard InChI is InChI=1S/C10H16N2OS/c1-8(11)9-3-4-12-10(7-9)14-6-5-13-2/h3-4,7-8H,5-6,11H2,1-2H3/t8-/m1/s1. The maximum atomic E-state index is 5.78. The first-order chi connectivity index (χ1) is 6.74. The van der Waals surface area contributed by atoms with E-state index in [1.165, 1.54) is 0 Å². The average Bonchev–Trinajstić information content (AvgIpc) is 2.19. The van der Waals surface area contributed by atoms with E-state index >= 15 is 0 Å². The molecule has 1 aromatic rings. The molecule has 0 aliphatic carbocycles. The summed E-state index contributed by atoms with van der Waals surface area (Å²) in [4.78, 5) is 4.25. The molecular formula is C10H16N2OS. The van der Waals surface area contributed by atoms with Gasteiger partial charge in [0.15, 0.2) is 0 Å². The van der Waals surface area contributed by atoms with Crippen LogP contribution < -0.4 is 5.73 Å². The van der Waals surface area contributed by atoms with Gasteiger partial charge in [-0.1, -0.05) is 0 Å². The Morgan fingerprint density at radius 2 is 2.43 bits per heavy atom. The molecule has 1 rings (SSSR count). The van der Waals surface area contributed by atoms with Crippen LogP contribution in [0.1, 0.15) is 18.5 Å². The van der Waals surface area contributed by atoms with Crippen molar-refractivity contribution in [2.45, 2.75) is 18.0 Å². The molecule has 0 saturated carbocycles. The van der Waals surface area contributed by atoms with Crippen LogP contribution in [0.5, 0.6) is 0 Å². The molecule has 0 aromatic carbocycles. The number of methoxy groups -OCH3 is 1. The van der Waals surface area contributed by atoms with Crippen molar-refractivity contribution in [2.24, 2.45) is 5.73 Å². The summed E-state index contributed by atoms with van der Waals surface area (Å²) < 4.78 is 4.97. The lowest BCUT2D eigenvalue weighted by Crippen LogP contribution is -2.05. The highest BCUT2D eigenvalue weighted by atomic mass is 32.2. The Hall–Kier alpha value is -0.580. The summed E-state index contributed by atoms with van der Waals surface area (Å²) in [5.41, 5.74) is 6.90. The van der Waals surface area contributed by atoms with E-state index in [1.54, 1.807) is 25.1 Å². The van der Waals surface area contributed by atoms with Crippen molar-refractivity contribution in [1.29, 1.82) is 0 Å². The summed E-state index contributed by atoms with van der Waals surface area (Å²) in [6, 6.07) is 4.05. The SMILES string of the molecule is COCCSc1cc([C@@H](C)N)ccn1. The molecule has 78 valence electrons. The molecule has 14 heavy (non-hydrogen) atoms. The van der Waals surface area contributed by atoms with Gasteiger partial charge in [0, 0.05) is 25.1 Å². The van der Waals surface area contributed by atoms with Crippen LogP contribution in [0.4, 0.5) is 0 Å². The summed E-state index contributed by atoms with van der Waals surface area (Å²) in [5.74, 6) is 0.923. The maximum absolute atomic E-state index is 5.78.